The summed E-state index contributed by atoms with van der Waals surface area (Å²) >= 11 is 0. The molecule has 0 N–H and O–H groups in total. The van der Waals surface area contributed by atoms with Crippen LogP contribution in [0.3, 0.4) is 0 Å². The number of esters is 1. The maximum atomic E-state index is 11.4. The molecule has 0 unspecified atom stereocenters. The second-order valence-electron chi connectivity index (χ2n) is 3.11. The van der Waals surface area contributed by atoms with Crippen LogP contribution in [0.2, 0.25) is 0 Å². The van der Waals surface area contributed by atoms with Crippen molar-refractivity contribution >= 4 is 11.8 Å². The Morgan fingerprint density at radius 3 is 2.47 bits per heavy atom. The molecule has 5 heteroatoms. The Bertz CT molecular complexity index is 364. The Labute approximate surface area is 88.6 Å². The van der Waals surface area contributed by atoms with Crippen molar-refractivity contribution in [3.05, 3.63) is 17.7 Å². The van der Waals surface area contributed by atoms with Gasteiger partial charge >= 0.3 is 5.97 Å². The van der Waals surface area contributed by atoms with E-state index in [1.807, 2.05) is 0 Å². The molecule has 0 saturated carbocycles. The maximum Gasteiger partial charge on any atom is 0.341 e. The molecule has 0 aromatic carbocycles. The third kappa shape index (κ3) is 2.37. The van der Waals surface area contributed by atoms with Crippen molar-refractivity contribution in [1.82, 2.24) is 4.98 Å². The largest absolute Gasteiger partial charge is 0.481 e. The Morgan fingerprint density at radius 1 is 1.33 bits per heavy atom. The van der Waals surface area contributed by atoms with Gasteiger partial charge in [-0.1, -0.05) is 0 Å². The van der Waals surface area contributed by atoms with E-state index in [1.54, 1.807) is 31.1 Å². The third-order valence-electron chi connectivity index (χ3n) is 1.89. The molecular formula is C10H14N2O3. The number of anilines is 1. The number of hydrogen-bond acceptors (Lipinski definition) is 5. The smallest absolute Gasteiger partial charge is 0.341 e. The molecule has 1 heterocycles. The van der Waals surface area contributed by atoms with Crippen LogP contribution in [0, 0.1) is 0 Å². The van der Waals surface area contributed by atoms with Gasteiger partial charge < -0.3 is 14.4 Å². The van der Waals surface area contributed by atoms with Gasteiger partial charge in [-0.3, -0.25) is 0 Å². The molecule has 0 atom stereocenters. The van der Waals surface area contributed by atoms with Gasteiger partial charge in [0.25, 0.3) is 0 Å². The number of carbonyl (C=O) groups excluding carboxylic acids is 1. The summed E-state index contributed by atoms with van der Waals surface area (Å²) in [5, 5.41) is 0. The number of nitrogens with zero attached hydrogens (tertiary/aromatic N) is 2. The van der Waals surface area contributed by atoms with Gasteiger partial charge in [-0.05, 0) is 6.07 Å². The Kier molecular flexibility index (Phi) is 3.49. The summed E-state index contributed by atoms with van der Waals surface area (Å²) in [6, 6.07) is 3.26. The molecule has 0 radical (unpaired) electrons. The van der Waals surface area contributed by atoms with Gasteiger partial charge in [0.15, 0.2) is 0 Å². The summed E-state index contributed by atoms with van der Waals surface area (Å²) in [5.41, 5.74) is 0.420. The molecule has 0 aliphatic rings. The van der Waals surface area contributed by atoms with Gasteiger partial charge in [-0.25, -0.2) is 4.79 Å². The van der Waals surface area contributed by atoms with E-state index in [-0.39, 0.29) is 0 Å². The lowest BCUT2D eigenvalue weighted by molar-refractivity contribution is 0.0601. The maximum absolute atomic E-state index is 11.4. The van der Waals surface area contributed by atoms with Crippen molar-refractivity contribution in [2.45, 2.75) is 0 Å². The first kappa shape index (κ1) is 11.3. The molecule has 0 amide bonds. The molecule has 0 saturated heterocycles. The highest BCUT2D eigenvalue weighted by Gasteiger charge is 2.15. The molecule has 0 spiro atoms. The van der Waals surface area contributed by atoms with Crippen LogP contribution in [0.5, 0.6) is 5.88 Å². The van der Waals surface area contributed by atoms with Crippen molar-refractivity contribution < 1.29 is 14.3 Å². The monoisotopic (exact) mass is 210 g/mol. The average molecular weight is 210 g/mol. The first-order valence-electron chi connectivity index (χ1n) is 4.40. The molecule has 0 fully saturated rings. The zero-order chi connectivity index (χ0) is 11.4. The molecule has 1 aromatic heterocycles. The second kappa shape index (κ2) is 4.63. The lowest BCUT2D eigenvalue weighted by Crippen LogP contribution is -2.16. The van der Waals surface area contributed by atoms with Crippen LogP contribution >= 0.6 is 0 Å². The quantitative estimate of drug-likeness (QED) is 0.695. The number of aromatic nitrogens is 1. The van der Waals surface area contributed by atoms with E-state index < -0.39 is 5.97 Å². The van der Waals surface area contributed by atoms with Crippen molar-refractivity contribution in [2.75, 3.05) is 33.2 Å². The first-order chi connectivity index (χ1) is 7.10. The van der Waals surface area contributed by atoms with E-state index in [1.165, 1.54) is 14.2 Å². The summed E-state index contributed by atoms with van der Waals surface area (Å²) < 4.78 is 9.64. The highest BCUT2D eigenvalue weighted by molar-refractivity contribution is 5.94. The van der Waals surface area contributed by atoms with Gasteiger partial charge in [0.1, 0.15) is 11.4 Å². The molecule has 0 bridgehead atoms. The minimum absolute atomic E-state index is 0.408. The molecule has 0 aliphatic heterocycles. The topological polar surface area (TPSA) is 51.7 Å². The minimum atomic E-state index is -0.408. The van der Waals surface area contributed by atoms with Gasteiger partial charge in [0, 0.05) is 20.2 Å². The summed E-state index contributed by atoms with van der Waals surface area (Å²) in [4.78, 5) is 17.3. The zero-order valence-electron chi connectivity index (χ0n) is 9.27. The Morgan fingerprint density at radius 2 is 2.00 bits per heavy atom. The molecule has 5 nitrogen and oxygen atoms in total. The highest BCUT2D eigenvalue weighted by atomic mass is 16.5. The van der Waals surface area contributed by atoms with Crippen molar-refractivity contribution in [3.8, 4) is 5.88 Å². The fourth-order valence-electron chi connectivity index (χ4n) is 1.15. The number of rotatable bonds is 3. The number of hydrogen-bond donors (Lipinski definition) is 0. The van der Waals surface area contributed by atoms with Crippen LogP contribution < -0.4 is 9.64 Å². The standard InChI is InChI=1S/C10H14N2O3/c1-12(2)9-7(10(13)15-4)5-6-8(11-9)14-3/h5-6H,1-4H3. The SMILES string of the molecule is COC(=O)c1ccc(OC)nc1N(C)C. The van der Waals surface area contributed by atoms with Crippen LogP contribution in [0.4, 0.5) is 5.82 Å². The zero-order valence-corrected chi connectivity index (χ0v) is 9.27. The van der Waals surface area contributed by atoms with Crippen LogP contribution in [0.15, 0.2) is 12.1 Å². The summed E-state index contributed by atoms with van der Waals surface area (Å²) in [6.45, 7) is 0. The molecule has 0 aliphatic carbocycles. The van der Waals surface area contributed by atoms with Crippen LogP contribution in [-0.2, 0) is 4.74 Å². The van der Waals surface area contributed by atoms with Gasteiger partial charge in [-0.2, -0.15) is 4.98 Å². The van der Waals surface area contributed by atoms with E-state index in [2.05, 4.69) is 9.72 Å². The lowest BCUT2D eigenvalue weighted by atomic mass is 10.2. The number of methoxy groups -OCH3 is 2. The van der Waals surface area contributed by atoms with Crippen molar-refractivity contribution in [3.63, 3.8) is 0 Å². The van der Waals surface area contributed by atoms with E-state index >= 15 is 0 Å². The minimum Gasteiger partial charge on any atom is -0.481 e. The number of carbonyl (C=O) groups is 1. The fourth-order valence-corrected chi connectivity index (χ4v) is 1.15. The highest BCUT2D eigenvalue weighted by Crippen LogP contribution is 2.20. The van der Waals surface area contributed by atoms with E-state index in [0.29, 0.717) is 17.3 Å². The van der Waals surface area contributed by atoms with Gasteiger partial charge in [0.2, 0.25) is 5.88 Å². The number of ether oxygens (including phenoxy) is 2. The summed E-state index contributed by atoms with van der Waals surface area (Å²) in [7, 11) is 6.47. The van der Waals surface area contributed by atoms with E-state index in [9.17, 15) is 4.79 Å². The third-order valence-corrected chi connectivity index (χ3v) is 1.89. The average Bonchev–Trinajstić information content (AvgIpc) is 2.27. The van der Waals surface area contributed by atoms with Gasteiger partial charge in [0.05, 0.1) is 14.2 Å². The number of pyridine rings is 1. The Hall–Kier alpha value is -1.78. The molecule has 1 aromatic rings. The predicted octanol–water partition coefficient (Wildman–Crippen LogP) is 0.943. The normalized spacial score (nSPS) is 9.60. The summed E-state index contributed by atoms with van der Waals surface area (Å²) in [6.07, 6.45) is 0. The lowest BCUT2D eigenvalue weighted by Gasteiger charge is -2.15. The molecular weight excluding hydrogens is 196 g/mol. The fraction of sp³-hybridized carbons (Fsp3) is 0.400. The Balaban J connectivity index is 3.21. The summed E-state index contributed by atoms with van der Waals surface area (Å²) in [5.74, 6) is 0.585. The predicted molar refractivity (Wildman–Crippen MR) is 56.5 cm³/mol. The second-order valence-corrected chi connectivity index (χ2v) is 3.11. The van der Waals surface area contributed by atoms with Crippen LogP contribution in [-0.4, -0.2) is 39.3 Å². The van der Waals surface area contributed by atoms with Gasteiger partial charge in [-0.15, -0.1) is 0 Å². The van der Waals surface area contributed by atoms with E-state index in [0.717, 1.165) is 0 Å². The van der Waals surface area contributed by atoms with Crippen LogP contribution in [0.25, 0.3) is 0 Å². The first-order valence-corrected chi connectivity index (χ1v) is 4.40. The van der Waals surface area contributed by atoms with Crippen molar-refractivity contribution in [2.24, 2.45) is 0 Å². The molecule has 1 rings (SSSR count). The van der Waals surface area contributed by atoms with Crippen LogP contribution in [0.1, 0.15) is 10.4 Å². The molecule has 82 valence electrons. The van der Waals surface area contributed by atoms with E-state index in [4.69, 9.17) is 4.74 Å². The van der Waals surface area contributed by atoms with Crippen molar-refractivity contribution in [1.29, 1.82) is 0 Å². The molecule has 15 heavy (non-hydrogen) atoms.